The zero-order valence-electron chi connectivity index (χ0n) is 8.25. The van der Waals surface area contributed by atoms with Crippen LogP contribution in [0.3, 0.4) is 0 Å². The van der Waals surface area contributed by atoms with Gasteiger partial charge in [0.25, 0.3) is 0 Å². The fourth-order valence-electron chi connectivity index (χ4n) is 1.45. The number of halogens is 3. The van der Waals surface area contributed by atoms with Crippen LogP contribution in [0.15, 0.2) is 30.3 Å². The molecule has 84 valence electrons. The van der Waals surface area contributed by atoms with Gasteiger partial charge in [0, 0.05) is 11.9 Å². The van der Waals surface area contributed by atoms with Gasteiger partial charge in [0.2, 0.25) is 0 Å². The number of hydrogen-bond acceptors (Lipinski definition) is 2. The lowest BCUT2D eigenvalue weighted by molar-refractivity contribution is -0.137. The van der Waals surface area contributed by atoms with Crippen molar-refractivity contribution in [3.8, 4) is 0 Å². The van der Waals surface area contributed by atoms with Gasteiger partial charge in [-0.25, -0.2) is 0 Å². The van der Waals surface area contributed by atoms with E-state index in [0.29, 0.717) is 16.6 Å². The Balaban J connectivity index is 2.59. The van der Waals surface area contributed by atoms with Crippen molar-refractivity contribution in [1.29, 1.82) is 0 Å². The lowest BCUT2D eigenvalue weighted by Crippen LogP contribution is -2.05. The molecule has 0 saturated heterocycles. The molecule has 2 N–H and O–H groups in total. The highest BCUT2D eigenvalue weighted by atomic mass is 19.4. The smallest absolute Gasteiger partial charge is 0.325 e. The largest absolute Gasteiger partial charge is 0.416 e. The lowest BCUT2D eigenvalue weighted by atomic mass is 10.1. The van der Waals surface area contributed by atoms with Crippen molar-refractivity contribution in [2.75, 3.05) is 0 Å². The maximum atomic E-state index is 12.4. The monoisotopic (exact) mass is 226 g/mol. The molecule has 2 aromatic rings. The fraction of sp³-hybridized carbons (Fsp3) is 0.182. The number of rotatable bonds is 1. The molecule has 0 aliphatic rings. The molecule has 0 bridgehead atoms. The van der Waals surface area contributed by atoms with Gasteiger partial charge in [-0.15, -0.1) is 0 Å². The minimum Gasteiger partial charge on any atom is -0.325 e. The first kappa shape index (κ1) is 10.9. The number of nitrogens with zero attached hydrogens (tertiary/aromatic N) is 1. The number of alkyl halides is 3. The van der Waals surface area contributed by atoms with Crippen molar-refractivity contribution < 1.29 is 13.2 Å². The molecule has 1 heterocycles. The van der Waals surface area contributed by atoms with Crippen molar-refractivity contribution in [2.24, 2.45) is 5.73 Å². The van der Waals surface area contributed by atoms with E-state index in [2.05, 4.69) is 4.98 Å². The van der Waals surface area contributed by atoms with Gasteiger partial charge >= 0.3 is 6.18 Å². The molecule has 0 unspecified atom stereocenters. The summed E-state index contributed by atoms with van der Waals surface area (Å²) in [6.45, 7) is 0.214. The molecule has 0 fully saturated rings. The van der Waals surface area contributed by atoms with E-state index < -0.39 is 11.7 Å². The molecular weight excluding hydrogens is 217 g/mol. The second-order valence-corrected chi connectivity index (χ2v) is 3.41. The third-order valence-corrected chi connectivity index (χ3v) is 2.29. The Bertz CT molecular complexity index is 520. The van der Waals surface area contributed by atoms with Crippen LogP contribution in [0, 0.1) is 0 Å². The molecule has 16 heavy (non-hydrogen) atoms. The summed E-state index contributed by atoms with van der Waals surface area (Å²) in [5.74, 6) is 0. The normalized spacial score (nSPS) is 12.0. The third kappa shape index (κ3) is 1.99. The average Bonchev–Trinajstić information content (AvgIpc) is 2.26. The van der Waals surface area contributed by atoms with Gasteiger partial charge < -0.3 is 5.73 Å². The summed E-state index contributed by atoms with van der Waals surface area (Å²) in [4.78, 5) is 4.04. The van der Waals surface area contributed by atoms with Crippen LogP contribution < -0.4 is 5.73 Å². The van der Waals surface area contributed by atoms with Gasteiger partial charge in [-0.1, -0.05) is 12.1 Å². The van der Waals surface area contributed by atoms with Crippen molar-refractivity contribution >= 4 is 10.9 Å². The van der Waals surface area contributed by atoms with Crippen LogP contribution in [0.1, 0.15) is 11.3 Å². The van der Waals surface area contributed by atoms with E-state index in [4.69, 9.17) is 5.73 Å². The Morgan fingerprint density at radius 2 is 1.81 bits per heavy atom. The van der Waals surface area contributed by atoms with Gasteiger partial charge in [0.1, 0.15) is 0 Å². The molecule has 0 amide bonds. The van der Waals surface area contributed by atoms with E-state index in [1.54, 1.807) is 12.1 Å². The SMILES string of the molecule is NCc1ccc2ccc(C(F)(F)F)cc2n1. The Morgan fingerprint density at radius 3 is 2.44 bits per heavy atom. The van der Waals surface area contributed by atoms with E-state index in [-0.39, 0.29) is 6.54 Å². The molecular formula is C11H9F3N2. The van der Waals surface area contributed by atoms with E-state index >= 15 is 0 Å². The van der Waals surface area contributed by atoms with Gasteiger partial charge in [0.15, 0.2) is 0 Å². The fourth-order valence-corrected chi connectivity index (χ4v) is 1.45. The van der Waals surface area contributed by atoms with Crippen LogP contribution in [0.25, 0.3) is 10.9 Å². The van der Waals surface area contributed by atoms with Crippen molar-refractivity contribution in [3.05, 3.63) is 41.6 Å². The zero-order chi connectivity index (χ0) is 11.8. The Labute approximate surface area is 89.9 Å². The van der Waals surface area contributed by atoms with Crippen LogP contribution in [0.4, 0.5) is 13.2 Å². The summed E-state index contributed by atoms with van der Waals surface area (Å²) in [7, 11) is 0. The predicted molar refractivity (Wildman–Crippen MR) is 54.6 cm³/mol. The van der Waals surface area contributed by atoms with E-state index in [1.807, 2.05) is 0 Å². The minimum absolute atomic E-state index is 0.214. The predicted octanol–water partition coefficient (Wildman–Crippen LogP) is 2.71. The third-order valence-electron chi connectivity index (χ3n) is 2.29. The van der Waals surface area contributed by atoms with Crippen LogP contribution in [0.2, 0.25) is 0 Å². The number of fused-ring (bicyclic) bond motifs is 1. The molecule has 2 rings (SSSR count). The number of benzene rings is 1. The lowest BCUT2D eigenvalue weighted by Gasteiger charge is -2.07. The highest BCUT2D eigenvalue weighted by molar-refractivity contribution is 5.79. The molecule has 1 aromatic heterocycles. The van der Waals surface area contributed by atoms with Crippen molar-refractivity contribution in [2.45, 2.75) is 12.7 Å². The maximum absolute atomic E-state index is 12.4. The van der Waals surface area contributed by atoms with Crippen molar-refractivity contribution in [3.63, 3.8) is 0 Å². The highest BCUT2D eigenvalue weighted by Crippen LogP contribution is 2.30. The first-order valence-electron chi connectivity index (χ1n) is 4.67. The minimum atomic E-state index is -4.34. The van der Waals surface area contributed by atoms with Crippen LogP contribution in [-0.4, -0.2) is 4.98 Å². The molecule has 0 spiro atoms. The van der Waals surface area contributed by atoms with Gasteiger partial charge in [-0.2, -0.15) is 13.2 Å². The van der Waals surface area contributed by atoms with Gasteiger partial charge in [0.05, 0.1) is 16.8 Å². The molecule has 0 aliphatic heterocycles. The maximum Gasteiger partial charge on any atom is 0.416 e. The number of hydrogen-bond donors (Lipinski definition) is 1. The van der Waals surface area contributed by atoms with Crippen LogP contribution >= 0.6 is 0 Å². The quantitative estimate of drug-likeness (QED) is 0.811. The highest BCUT2D eigenvalue weighted by Gasteiger charge is 2.30. The molecule has 0 aliphatic carbocycles. The summed E-state index contributed by atoms with van der Waals surface area (Å²) >= 11 is 0. The van der Waals surface area contributed by atoms with E-state index in [9.17, 15) is 13.2 Å². The average molecular weight is 226 g/mol. The summed E-state index contributed by atoms with van der Waals surface area (Å²) in [6, 6.07) is 6.91. The second kappa shape index (κ2) is 3.75. The summed E-state index contributed by atoms with van der Waals surface area (Å²) in [5.41, 5.74) is 5.58. The molecule has 1 aromatic carbocycles. The first-order chi connectivity index (χ1) is 7.50. The molecule has 2 nitrogen and oxygen atoms in total. The number of aromatic nitrogens is 1. The molecule has 0 saturated carbocycles. The topological polar surface area (TPSA) is 38.9 Å². The summed E-state index contributed by atoms with van der Waals surface area (Å²) in [6.07, 6.45) is -4.34. The molecule has 5 heteroatoms. The molecule has 0 radical (unpaired) electrons. The Hall–Kier alpha value is -1.62. The van der Waals surface area contributed by atoms with Crippen LogP contribution in [0.5, 0.6) is 0 Å². The summed E-state index contributed by atoms with van der Waals surface area (Å²) < 4.78 is 37.3. The number of pyridine rings is 1. The standard InChI is InChI=1S/C11H9F3N2/c12-11(13,14)8-3-1-7-2-4-9(6-15)16-10(7)5-8/h1-5H,6,15H2. The van der Waals surface area contributed by atoms with Gasteiger partial charge in [-0.3, -0.25) is 4.98 Å². The van der Waals surface area contributed by atoms with E-state index in [0.717, 1.165) is 12.1 Å². The van der Waals surface area contributed by atoms with Crippen molar-refractivity contribution in [1.82, 2.24) is 4.98 Å². The number of nitrogens with two attached hydrogens (primary N) is 1. The van der Waals surface area contributed by atoms with E-state index in [1.165, 1.54) is 6.07 Å². The first-order valence-corrected chi connectivity index (χ1v) is 4.67. The van der Waals surface area contributed by atoms with Crippen LogP contribution in [-0.2, 0) is 12.7 Å². The Morgan fingerprint density at radius 1 is 1.12 bits per heavy atom. The second-order valence-electron chi connectivity index (χ2n) is 3.41. The zero-order valence-corrected chi connectivity index (χ0v) is 8.25. The molecule has 0 atom stereocenters. The van der Waals surface area contributed by atoms with Gasteiger partial charge in [-0.05, 0) is 18.2 Å². The summed E-state index contributed by atoms with van der Waals surface area (Å²) in [5, 5.41) is 0.671. The Kier molecular flexibility index (Phi) is 2.55.